The third kappa shape index (κ3) is 2.27. The third-order valence-corrected chi connectivity index (χ3v) is 4.53. The fraction of sp³-hybridized carbons (Fsp3) is 0.111. The van der Waals surface area contributed by atoms with Crippen molar-refractivity contribution in [3.05, 3.63) is 64.8 Å². The first-order chi connectivity index (χ1) is 11.7. The van der Waals surface area contributed by atoms with Gasteiger partial charge in [0.1, 0.15) is 0 Å². The molecular formula is C18H14N4OS. The lowest BCUT2D eigenvalue weighted by Gasteiger charge is -2.11. The van der Waals surface area contributed by atoms with Crippen LogP contribution < -0.4 is 5.56 Å². The number of aryl methyl sites for hydroxylation is 1. The number of aromatic nitrogens is 4. The Labute approximate surface area is 142 Å². The second-order valence-corrected chi connectivity index (χ2v) is 6.23. The fourth-order valence-corrected chi connectivity index (χ4v) is 3.17. The molecule has 6 heteroatoms. The zero-order valence-corrected chi connectivity index (χ0v) is 14.0. The highest BCUT2D eigenvalue weighted by Crippen LogP contribution is 2.21. The van der Waals surface area contributed by atoms with Gasteiger partial charge in [-0.25, -0.2) is 9.97 Å². The van der Waals surface area contributed by atoms with Gasteiger partial charge in [-0.2, -0.15) is 0 Å². The second kappa shape index (κ2) is 5.72. The van der Waals surface area contributed by atoms with Gasteiger partial charge < -0.3 is 0 Å². The number of thioether (sulfide) groups is 1. The van der Waals surface area contributed by atoms with Crippen molar-refractivity contribution in [2.75, 3.05) is 6.26 Å². The largest absolute Gasteiger partial charge is 0.281 e. The average molecular weight is 334 g/mol. The molecule has 0 unspecified atom stereocenters. The van der Waals surface area contributed by atoms with Gasteiger partial charge in [-0.15, -0.1) is 0 Å². The van der Waals surface area contributed by atoms with Gasteiger partial charge in [0, 0.05) is 24.0 Å². The van der Waals surface area contributed by atoms with Gasteiger partial charge in [0.05, 0.1) is 22.1 Å². The predicted molar refractivity (Wildman–Crippen MR) is 97.0 cm³/mol. The minimum absolute atomic E-state index is 0.138. The number of hydrogen-bond acceptors (Lipinski definition) is 5. The van der Waals surface area contributed by atoms with Crippen LogP contribution in [0.15, 0.2) is 58.9 Å². The lowest BCUT2D eigenvalue weighted by molar-refractivity contribution is 0.960. The Morgan fingerprint density at radius 1 is 1.08 bits per heavy atom. The molecule has 0 saturated carbocycles. The van der Waals surface area contributed by atoms with E-state index in [-0.39, 0.29) is 5.56 Å². The van der Waals surface area contributed by atoms with Crippen LogP contribution in [-0.4, -0.2) is 25.8 Å². The summed E-state index contributed by atoms with van der Waals surface area (Å²) in [6.07, 6.45) is 7.09. The van der Waals surface area contributed by atoms with Crippen LogP contribution in [-0.2, 0) is 0 Å². The molecule has 5 nitrogen and oxygen atoms in total. The van der Waals surface area contributed by atoms with E-state index in [1.807, 2.05) is 49.7 Å². The van der Waals surface area contributed by atoms with Crippen LogP contribution in [0.3, 0.4) is 0 Å². The number of hydrogen-bond donors (Lipinski definition) is 0. The van der Waals surface area contributed by atoms with E-state index in [4.69, 9.17) is 0 Å². The molecule has 0 aliphatic carbocycles. The van der Waals surface area contributed by atoms with Crippen LogP contribution in [0.5, 0.6) is 0 Å². The van der Waals surface area contributed by atoms with Crippen molar-refractivity contribution in [3.63, 3.8) is 0 Å². The number of benzene rings is 1. The summed E-state index contributed by atoms with van der Waals surface area (Å²) in [6.45, 7) is 1.95. The fourth-order valence-electron chi connectivity index (χ4n) is 2.83. The summed E-state index contributed by atoms with van der Waals surface area (Å²) in [5, 5.41) is 2.17. The Kier molecular flexibility index (Phi) is 3.54. The van der Waals surface area contributed by atoms with Gasteiger partial charge in [-0.1, -0.05) is 30.0 Å². The smallest absolute Gasteiger partial charge is 0.266 e. The molecule has 0 saturated heterocycles. The van der Waals surface area contributed by atoms with E-state index in [0.29, 0.717) is 16.1 Å². The van der Waals surface area contributed by atoms with Crippen molar-refractivity contribution in [1.29, 1.82) is 0 Å². The normalized spacial score (nSPS) is 11.2. The summed E-state index contributed by atoms with van der Waals surface area (Å²) in [4.78, 5) is 26.1. The first kappa shape index (κ1) is 14.8. The number of pyridine rings is 2. The third-order valence-electron chi connectivity index (χ3n) is 3.97. The van der Waals surface area contributed by atoms with Gasteiger partial charge >= 0.3 is 0 Å². The summed E-state index contributed by atoms with van der Waals surface area (Å²) in [5.74, 6) is 0. The molecule has 0 N–H and O–H groups in total. The highest BCUT2D eigenvalue weighted by atomic mass is 32.2. The maximum absolute atomic E-state index is 13.0. The number of para-hydroxylation sites is 1. The lowest BCUT2D eigenvalue weighted by atomic mass is 10.1. The molecule has 24 heavy (non-hydrogen) atoms. The molecular weight excluding hydrogens is 320 g/mol. The molecule has 118 valence electrons. The van der Waals surface area contributed by atoms with Crippen molar-refractivity contribution in [3.8, 4) is 5.69 Å². The van der Waals surface area contributed by atoms with Gasteiger partial charge in [-0.05, 0) is 30.9 Å². The predicted octanol–water partition coefficient (Wildman–Crippen LogP) is 3.36. The van der Waals surface area contributed by atoms with Crippen molar-refractivity contribution < 1.29 is 0 Å². The summed E-state index contributed by atoms with van der Waals surface area (Å²) < 4.78 is 1.63. The van der Waals surface area contributed by atoms with Crippen LogP contribution in [0.4, 0.5) is 0 Å². The molecule has 3 aromatic heterocycles. The van der Waals surface area contributed by atoms with Crippen molar-refractivity contribution >= 4 is 33.6 Å². The molecule has 0 atom stereocenters. The maximum Gasteiger partial charge on any atom is 0.266 e. The van der Waals surface area contributed by atoms with Crippen LogP contribution in [0, 0.1) is 6.92 Å². The van der Waals surface area contributed by atoms with Crippen molar-refractivity contribution in [1.82, 2.24) is 19.5 Å². The quantitative estimate of drug-likeness (QED) is 0.415. The van der Waals surface area contributed by atoms with E-state index in [1.165, 1.54) is 11.8 Å². The van der Waals surface area contributed by atoms with E-state index < -0.39 is 0 Å². The highest BCUT2D eigenvalue weighted by Gasteiger charge is 2.12. The summed E-state index contributed by atoms with van der Waals surface area (Å²) >= 11 is 1.46. The minimum Gasteiger partial charge on any atom is -0.281 e. The van der Waals surface area contributed by atoms with Gasteiger partial charge in [-0.3, -0.25) is 14.3 Å². The zero-order chi connectivity index (χ0) is 16.7. The topological polar surface area (TPSA) is 60.7 Å². The van der Waals surface area contributed by atoms with Gasteiger partial charge in [0.25, 0.3) is 5.56 Å². The number of nitrogens with zero attached hydrogens (tertiary/aromatic N) is 4. The van der Waals surface area contributed by atoms with Crippen molar-refractivity contribution in [2.45, 2.75) is 12.1 Å². The second-order valence-electron chi connectivity index (χ2n) is 5.46. The first-order valence-electron chi connectivity index (χ1n) is 7.46. The van der Waals surface area contributed by atoms with E-state index in [9.17, 15) is 4.79 Å². The molecule has 0 radical (unpaired) electrons. The standard InChI is InChI=1S/C18H14N4OS/c1-11-10-22(14-7-3-5-12-6-4-8-19-16(12)14)17(23)13-9-20-18(24-2)21-15(11)13/h3-10H,1-2H3. The molecule has 1 aromatic carbocycles. The molecule has 4 rings (SSSR count). The van der Waals surface area contributed by atoms with Gasteiger partial charge in [0.2, 0.25) is 0 Å². The first-order valence-corrected chi connectivity index (χ1v) is 8.68. The van der Waals surface area contributed by atoms with Crippen molar-refractivity contribution in [2.24, 2.45) is 0 Å². The molecule has 0 aliphatic heterocycles. The average Bonchev–Trinajstić information content (AvgIpc) is 2.64. The lowest BCUT2D eigenvalue weighted by Crippen LogP contribution is -2.20. The monoisotopic (exact) mass is 334 g/mol. The SMILES string of the molecule is CSc1ncc2c(=O)n(-c3cccc4cccnc34)cc(C)c2n1. The van der Waals surface area contributed by atoms with Gasteiger partial charge in [0.15, 0.2) is 5.16 Å². The zero-order valence-electron chi connectivity index (χ0n) is 13.2. The highest BCUT2D eigenvalue weighted by molar-refractivity contribution is 7.98. The summed E-state index contributed by atoms with van der Waals surface area (Å²) in [6, 6.07) is 9.69. The summed E-state index contributed by atoms with van der Waals surface area (Å²) in [7, 11) is 0. The van der Waals surface area contributed by atoms with E-state index in [2.05, 4.69) is 15.0 Å². The molecule has 4 aromatic rings. The van der Waals surface area contributed by atoms with Crippen LogP contribution >= 0.6 is 11.8 Å². The van der Waals surface area contributed by atoms with E-state index >= 15 is 0 Å². The molecule has 0 fully saturated rings. The number of rotatable bonds is 2. The molecule has 3 heterocycles. The summed E-state index contributed by atoms with van der Waals surface area (Å²) in [5.41, 5.74) is 3.04. The number of fused-ring (bicyclic) bond motifs is 2. The molecule has 0 aliphatic rings. The Bertz CT molecular complexity index is 1130. The maximum atomic E-state index is 13.0. The Hall–Kier alpha value is -2.73. The molecule has 0 spiro atoms. The molecule has 0 bridgehead atoms. The van der Waals surface area contributed by atoms with E-state index in [1.54, 1.807) is 17.0 Å². The van der Waals surface area contributed by atoms with Crippen LogP contribution in [0.2, 0.25) is 0 Å². The molecule has 0 amide bonds. The van der Waals surface area contributed by atoms with E-state index in [0.717, 1.165) is 22.2 Å². The minimum atomic E-state index is -0.138. The van der Waals surface area contributed by atoms with Crippen LogP contribution in [0.1, 0.15) is 5.56 Å². The Morgan fingerprint density at radius 3 is 2.75 bits per heavy atom. The Balaban J connectivity index is 2.07. The van der Waals surface area contributed by atoms with Crippen LogP contribution in [0.25, 0.3) is 27.5 Å². The Morgan fingerprint density at radius 2 is 1.92 bits per heavy atom.